The Bertz CT molecular complexity index is 1570. The fraction of sp³-hybridized carbons (Fsp3) is 0.444. The Balaban J connectivity index is 1.59. The van der Waals surface area contributed by atoms with Crippen molar-refractivity contribution >= 4 is 21.8 Å². The Morgan fingerprint density at radius 1 is 0.851 bits per heavy atom. The van der Waals surface area contributed by atoms with Crippen LogP contribution >= 0.6 is 0 Å². The van der Waals surface area contributed by atoms with Gasteiger partial charge in [-0.05, 0) is 73.2 Å². The lowest BCUT2D eigenvalue weighted by molar-refractivity contribution is 0.0775. The van der Waals surface area contributed by atoms with Gasteiger partial charge in [0.1, 0.15) is 11.5 Å². The average molecular weight is 666 g/mol. The second-order valence-corrected chi connectivity index (χ2v) is 14.4. The van der Waals surface area contributed by atoms with E-state index < -0.39 is 28.1 Å². The van der Waals surface area contributed by atoms with E-state index in [9.17, 15) is 23.1 Å². The Hall–Kier alpha value is -3.93. The Morgan fingerprint density at radius 2 is 1.47 bits per heavy atom. The number of aliphatic hydroxyl groups is 1. The number of hydrogen-bond donors (Lipinski definition) is 3. The van der Waals surface area contributed by atoms with E-state index in [4.69, 9.17) is 9.47 Å². The molecule has 0 radical (unpaired) electrons. The number of carbonyl (C=O) groups excluding carboxylic acids is 2. The molecule has 1 aliphatic rings. The number of carbonyl (C=O) groups is 2. The van der Waals surface area contributed by atoms with Gasteiger partial charge in [-0.3, -0.25) is 9.59 Å². The molecule has 0 heterocycles. The van der Waals surface area contributed by atoms with Crippen molar-refractivity contribution in [2.24, 2.45) is 5.92 Å². The van der Waals surface area contributed by atoms with Crippen molar-refractivity contribution in [1.82, 2.24) is 14.9 Å². The van der Waals surface area contributed by atoms with Crippen LogP contribution in [0, 0.1) is 5.92 Å². The average Bonchev–Trinajstić information content (AvgIpc) is 3.08. The Morgan fingerprint density at radius 3 is 2.06 bits per heavy atom. The first-order valence-electron chi connectivity index (χ1n) is 16.2. The summed E-state index contributed by atoms with van der Waals surface area (Å²) in [6.07, 6.45) is 4.11. The van der Waals surface area contributed by atoms with Gasteiger partial charge in [0.25, 0.3) is 11.8 Å². The molecule has 0 unspecified atom stereocenters. The van der Waals surface area contributed by atoms with Crippen molar-refractivity contribution in [2.75, 3.05) is 27.3 Å². The zero-order valence-electron chi connectivity index (χ0n) is 27.6. The molecule has 0 bridgehead atoms. The number of sulfonamides is 1. The monoisotopic (exact) mass is 665 g/mol. The number of methoxy groups -OCH3 is 2. The van der Waals surface area contributed by atoms with Gasteiger partial charge in [0.2, 0.25) is 10.0 Å². The molecule has 0 saturated heterocycles. The lowest BCUT2D eigenvalue weighted by Crippen LogP contribution is -2.51. The van der Waals surface area contributed by atoms with Gasteiger partial charge in [-0.2, -0.15) is 4.31 Å². The third-order valence-electron chi connectivity index (χ3n) is 8.34. The fourth-order valence-electron chi connectivity index (χ4n) is 5.81. The van der Waals surface area contributed by atoms with E-state index in [-0.39, 0.29) is 47.8 Å². The molecule has 254 valence electrons. The molecule has 0 spiro atoms. The maximum absolute atomic E-state index is 13.8. The summed E-state index contributed by atoms with van der Waals surface area (Å²) in [6.45, 7) is 3.71. The van der Waals surface area contributed by atoms with Crippen LogP contribution in [-0.2, 0) is 16.4 Å². The molecule has 2 amide bonds. The summed E-state index contributed by atoms with van der Waals surface area (Å²) in [4.78, 5) is 27.0. The van der Waals surface area contributed by atoms with Crippen LogP contribution in [0.25, 0.3) is 0 Å². The molecule has 3 N–H and O–H groups in total. The van der Waals surface area contributed by atoms with Crippen LogP contribution in [-0.4, -0.2) is 75.1 Å². The van der Waals surface area contributed by atoms with Crippen LogP contribution in [0.2, 0.25) is 0 Å². The topological polar surface area (TPSA) is 134 Å². The molecule has 2 atom stereocenters. The maximum atomic E-state index is 13.8. The van der Waals surface area contributed by atoms with Crippen LogP contribution in [0.1, 0.15) is 72.2 Å². The number of aliphatic hydroxyl groups excluding tert-OH is 1. The predicted molar refractivity (Wildman–Crippen MR) is 181 cm³/mol. The van der Waals surface area contributed by atoms with E-state index in [1.54, 1.807) is 18.2 Å². The van der Waals surface area contributed by atoms with E-state index in [1.807, 2.05) is 44.2 Å². The van der Waals surface area contributed by atoms with Gasteiger partial charge in [0.15, 0.2) is 0 Å². The highest BCUT2D eigenvalue weighted by molar-refractivity contribution is 7.89. The predicted octanol–water partition coefficient (Wildman–Crippen LogP) is 4.82. The second kappa shape index (κ2) is 16.8. The first-order valence-corrected chi connectivity index (χ1v) is 17.6. The summed E-state index contributed by atoms with van der Waals surface area (Å²) in [5.74, 6) is 0.0349. The number of hydrogen-bond acceptors (Lipinski definition) is 7. The number of ether oxygens (including phenoxy) is 2. The largest absolute Gasteiger partial charge is 0.497 e. The van der Waals surface area contributed by atoms with Crippen LogP contribution in [0.15, 0.2) is 77.7 Å². The summed E-state index contributed by atoms with van der Waals surface area (Å²) in [5.41, 5.74) is 1.34. The standard InChI is InChI=1S/C36H47N3O7S/c1-25(2)23-39(47(43,44)32-17-15-30(45-3)16-18-32)24-34(40)33(19-26-11-7-5-8-12-26)38-36(42)28-20-27(21-31(22-28)46-4)35(41)37-29-13-9-6-10-14-29/h5,7-8,11-12,15-18,20-22,25,29,33-34,40H,6,9-10,13-14,19,23-24H2,1-4H3,(H,37,41)(H,38,42)/t33-,34+/m0/s1. The number of nitrogens with zero attached hydrogens (tertiary/aromatic N) is 1. The van der Waals surface area contributed by atoms with Crippen molar-refractivity contribution < 1.29 is 32.6 Å². The highest BCUT2D eigenvalue weighted by Crippen LogP contribution is 2.23. The number of nitrogens with one attached hydrogen (secondary N) is 2. The van der Waals surface area contributed by atoms with Gasteiger partial charge in [0, 0.05) is 30.3 Å². The Labute approximate surface area is 278 Å². The van der Waals surface area contributed by atoms with Crippen LogP contribution in [0.3, 0.4) is 0 Å². The molecule has 3 aromatic carbocycles. The van der Waals surface area contributed by atoms with Crippen molar-refractivity contribution in [3.8, 4) is 11.5 Å². The number of rotatable bonds is 15. The van der Waals surface area contributed by atoms with Crippen molar-refractivity contribution in [1.29, 1.82) is 0 Å². The van der Waals surface area contributed by atoms with E-state index in [1.165, 1.54) is 42.8 Å². The normalized spacial score (nSPS) is 15.2. The minimum Gasteiger partial charge on any atom is -0.497 e. The summed E-state index contributed by atoms with van der Waals surface area (Å²) in [6, 6.07) is 19.3. The Kier molecular flexibility index (Phi) is 12.8. The summed E-state index contributed by atoms with van der Waals surface area (Å²) in [5, 5.41) is 17.6. The lowest BCUT2D eigenvalue weighted by Gasteiger charge is -2.31. The number of benzene rings is 3. The van der Waals surface area contributed by atoms with Gasteiger partial charge < -0.3 is 25.2 Å². The quantitative estimate of drug-likeness (QED) is 0.212. The first kappa shape index (κ1) is 35.9. The molecule has 10 nitrogen and oxygen atoms in total. The van der Waals surface area contributed by atoms with E-state index in [2.05, 4.69) is 10.6 Å². The molecule has 3 aromatic rings. The number of amides is 2. The lowest BCUT2D eigenvalue weighted by atomic mass is 9.95. The SMILES string of the molecule is COc1ccc(S(=O)(=O)N(CC(C)C)C[C@@H](O)[C@H](Cc2ccccc2)NC(=O)c2cc(OC)cc(C(=O)NC3CCCCC3)c2)cc1. The molecule has 4 rings (SSSR count). The molecule has 0 aliphatic heterocycles. The van der Waals surface area contributed by atoms with Crippen LogP contribution in [0.4, 0.5) is 0 Å². The third-order valence-corrected chi connectivity index (χ3v) is 10.2. The van der Waals surface area contributed by atoms with Crippen molar-refractivity contribution in [2.45, 2.75) is 75.5 Å². The maximum Gasteiger partial charge on any atom is 0.251 e. The highest BCUT2D eigenvalue weighted by Gasteiger charge is 2.32. The molecule has 11 heteroatoms. The zero-order chi connectivity index (χ0) is 34.0. The van der Waals surface area contributed by atoms with Gasteiger partial charge in [0.05, 0.1) is 31.3 Å². The summed E-state index contributed by atoms with van der Waals surface area (Å²) in [7, 11) is -1.02. The summed E-state index contributed by atoms with van der Waals surface area (Å²) < 4.78 is 39.4. The van der Waals surface area contributed by atoms with Crippen molar-refractivity contribution in [3.05, 3.63) is 89.5 Å². The molecular formula is C36H47N3O7S. The van der Waals surface area contributed by atoms with Gasteiger partial charge >= 0.3 is 0 Å². The second-order valence-electron chi connectivity index (χ2n) is 12.5. The molecule has 1 fully saturated rings. The van der Waals surface area contributed by atoms with E-state index in [0.29, 0.717) is 17.1 Å². The highest BCUT2D eigenvalue weighted by atomic mass is 32.2. The van der Waals surface area contributed by atoms with Crippen molar-refractivity contribution in [3.63, 3.8) is 0 Å². The zero-order valence-corrected chi connectivity index (χ0v) is 28.5. The molecule has 0 aromatic heterocycles. The molecule has 47 heavy (non-hydrogen) atoms. The molecule has 1 saturated carbocycles. The van der Waals surface area contributed by atoms with E-state index in [0.717, 1.165) is 37.7 Å². The molecular weight excluding hydrogens is 618 g/mol. The third kappa shape index (κ3) is 10.0. The minimum atomic E-state index is -4.00. The molecule has 1 aliphatic carbocycles. The minimum absolute atomic E-state index is 0.0349. The van der Waals surface area contributed by atoms with Gasteiger partial charge in [-0.1, -0.05) is 63.4 Å². The fourth-order valence-corrected chi connectivity index (χ4v) is 7.43. The van der Waals surface area contributed by atoms with E-state index >= 15 is 0 Å². The van der Waals surface area contributed by atoms with Crippen LogP contribution in [0.5, 0.6) is 11.5 Å². The summed E-state index contributed by atoms with van der Waals surface area (Å²) >= 11 is 0. The first-order chi connectivity index (χ1) is 22.5. The van der Waals surface area contributed by atoms with Crippen LogP contribution < -0.4 is 20.1 Å². The smallest absolute Gasteiger partial charge is 0.251 e. The van der Waals surface area contributed by atoms with Gasteiger partial charge in [-0.15, -0.1) is 0 Å². The van der Waals surface area contributed by atoms with Gasteiger partial charge in [-0.25, -0.2) is 8.42 Å².